The summed E-state index contributed by atoms with van der Waals surface area (Å²) in [5.41, 5.74) is 2.04. The maximum absolute atomic E-state index is 11.9. The van der Waals surface area contributed by atoms with Gasteiger partial charge in [0.1, 0.15) is 0 Å². The van der Waals surface area contributed by atoms with Crippen molar-refractivity contribution < 1.29 is 4.79 Å². The van der Waals surface area contributed by atoms with Gasteiger partial charge in [-0.15, -0.1) is 0 Å². The van der Waals surface area contributed by atoms with Gasteiger partial charge in [-0.05, 0) is 38.5 Å². The standard InChI is InChI=1S/C14H18ClNO/c1-10(2)8-14(17)16(4)11(3)12-6-5-7-13(15)9-12/h5-9,11H,1-4H3. The van der Waals surface area contributed by atoms with Crippen LogP contribution in [0.2, 0.25) is 5.02 Å². The Morgan fingerprint density at radius 2 is 2.06 bits per heavy atom. The highest BCUT2D eigenvalue weighted by atomic mass is 35.5. The second kappa shape index (κ2) is 5.87. The molecule has 0 saturated carbocycles. The van der Waals surface area contributed by atoms with Crippen molar-refractivity contribution in [3.63, 3.8) is 0 Å². The van der Waals surface area contributed by atoms with E-state index >= 15 is 0 Å². The number of amides is 1. The van der Waals surface area contributed by atoms with Crippen LogP contribution >= 0.6 is 11.6 Å². The average molecular weight is 252 g/mol. The predicted octanol–water partition coefficient (Wildman–Crippen LogP) is 3.83. The highest BCUT2D eigenvalue weighted by Gasteiger charge is 2.15. The Morgan fingerprint density at radius 1 is 1.41 bits per heavy atom. The molecule has 0 aliphatic heterocycles. The van der Waals surface area contributed by atoms with Crippen molar-refractivity contribution in [3.8, 4) is 0 Å². The summed E-state index contributed by atoms with van der Waals surface area (Å²) < 4.78 is 0. The minimum Gasteiger partial charge on any atom is -0.335 e. The van der Waals surface area contributed by atoms with E-state index in [1.165, 1.54) is 0 Å². The number of carbonyl (C=O) groups is 1. The topological polar surface area (TPSA) is 20.3 Å². The van der Waals surface area contributed by atoms with E-state index in [4.69, 9.17) is 11.6 Å². The fraction of sp³-hybridized carbons (Fsp3) is 0.357. The van der Waals surface area contributed by atoms with E-state index in [9.17, 15) is 4.79 Å². The van der Waals surface area contributed by atoms with Crippen LogP contribution in [-0.4, -0.2) is 17.9 Å². The normalized spacial score (nSPS) is 11.8. The summed E-state index contributed by atoms with van der Waals surface area (Å²) in [4.78, 5) is 13.6. The Labute approximate surface area is 108 Å². The minimum atomic E-state index is 0.0109. The quantitative estimate of drug-likeness (QED) is 0.748. The number of rotatable bonds is 3. The Morgan fingerprint density at radius 3 is 2.59 bits per heavy atom. The molecule has 0 saturated heterocycles. The smallest absolute Gasteiger partial charge is 0.246 e. The van der Waals surface area contributed by atoms with Gasteiger partial charge in [-0.25, -0.2) is 0 Å². The van der Waals surface area contributed by atoms with Crippen LogP contribution in [0.4, 0.5) is 0 Å². The maximum Gasteiger partial charge on any atom is 0.246 e. The second-order valence-corrected chi connectivity index (χ2v) is 4.84. The van der Waals surface area contributed by atoms with Gasteiger partial charge in [-0.3, -0.25) is 4.79 Å². The van der Waals surface area contributed by atoms with E-state index in [0.29, 0.717) is 5.02 Å². The molecule has 1 atom stereocenters. The van der Waals surface area contributed by atoms with E-state index in [1.807, 2.05) is 45.0 Å². The molecule has 0 bridgehead atoms. The zero-order valence-electron chi connectivity index (χ0n) is 10.7. The number of likely N-dealkylation sites (N-methyl/N-ethyl adjacent to an activating group) is 1. The molecule has 0 heterocycles. The summed E-state index contributed by atoms with van der Waals surface area (Å²) in [5, 5.41) is 0.692. The third-order valence-electron chi connectivity index (χ3n) is 2.67. The molecule has 0 fully saturated rings. The first-order chi connectivity index (χ1) is 7.91. The lowest BCUT2D eigenvalue weighted by Gasteiger charge is -2.24. The Bertz CT molecular complexity index is 436. The molecule has 1 amide bonds. The van der Waals surface area contributed by atoms with Gasteiger partial charge in [0.15, 0.2) is 0 Å². The fourth-order valence-electron chi connectivity index (χ4n) is 1.53. The second-order valence-electron chi connectivity index (χ2n) is 4.40. The zero-order chi connectivity index (χ0) is 13.0. The Kier molecular flexibility index (Phi) is 4.76. The van der Waals surface area contributed by atoms with Gasteiger partial charge in [0.2, 0.25) is 5.91 Å². The monoisotopic (exact) mass is 251 g/mol. The molecule has 3 heteroatoms. The number of allylic oxidation sites excluding steroid dienone is 1. The number of halogens is 1. The first kappa shape index (κ1) is 13.8. The van der Waals surface area contributed by atoms with E-state index in [-0.39, 0.29) is 11.9 Å². The molecule has 1 aromatic rings. The molecule has 17 heavy (non-hydrogen) atoms. The van der Waals surface area contributed by atoms with Gasteiger partial charge >= 0.3 is 0 Å². The van der Waals surface area contributed by atoms with Crippen LogP contribution < -0.4 is 0 Å². The lowest BCUT2D eigenvalue weighted by atomic mass is 10.1. The molecule has 1 unspecified atom stereocenters. The van der Waals surface area contributed by atoms with Crippen molar-refractivity contribution in [1.29, 1.82) is 0 Å². The highest BCUT2D eigenvalue weighted by Crippen LogP contribution is 2.22. The largest absolute Gasteiger partial charge is 0.335 e. The van der Waals surface area contributed by atoms with E-state index in [1.54, 1.807) is 18.0 Å². The van der Waals surface area contributed by atoms with Crippen molar-refractivity contribution >= 4 is 17.5 Å². The van der Waals surface area contributed by atoms with Gasteiger partial charge in [0.05, 0.1) is 6.04 Å². The van der Waals surface area contributed by atoms with Crippen LogP contribution in [0.15, 0.2) is 35.9 Å². The number of carbonyl (C=O) groups excluding carboxylic acids is 1. The SMILES string of the molecule is CC(C)=CC(=O)N(C)C(C)c1cccc(Cl)c1. The van der Waals surface area contributed by atoms with Crippen LogP contribution in [0.3, 0.4) is 0 Å². The van der Waals surface area contributed by atoms with Crippen molar-refractivity contribution in [2.45, 2.75) is 26.8 Å². The fourth-order valence-corrected chi connectivity index (χ4v) is 1.73. The molecule has 1 rings (SSSR count). The first-order valence-corrected chi connectivity index (χ1v) is 5.96. The minimum absolute atomic E-state index is 0.0109. The molecular formula is C14H18ClNO. The number of hydrogen-bond donors (Lipinski definition) is 0. The molecule has 0 aliphatic rings. The number of hydrogen-bond acceptors (Lipinski definition) is 1. The van der Waals surface area contributed by atoms with Gasteiger partial charge < -0.3 is 4.90 Å². The van der Waals surface area contributed by atoms with Crippen molar-refractivity contribution in [2.75, 3.05) is 7.05 Å². The van der Waals surface area contributed by atoms with E-state index in [0.717, 1.165) is 11.1 Å². The van der Waals surface area contributed by atoms with Crippen LogP contribution in [-0.2, 0) is 4.79 Å². The van der Waals surface area contributed by atoms with Crippen molar-refractivity contribution in [1.82, 2.24) is 4.90 Å². The maximum atomic E-state index is 11.9. The van der Waals surface area contributed by atoms with Crippen LogP contribution in [0, 0.1) is 0 Å². The summed E-state index contributed by atoms with van der Waals surface area (Å²) in [7, 11) is 1.80. The van der Waals surface area contributed by atoms with E-state index in [2.05, 4.69) is 0 Å². The molecule has 1 aromatic carbocycles. The van der Waals surface area contributed by atoms with Gasteiger partial charge in [-0.2, -0.15) is 0 Å². The van der Waals surface area contributed by atoms with Gasteiger partial charge in [-0.1, -0.05) is 29.3 Å². The first-order valence-electron chi connectivity index (χ1n) is 5.59. The summed E-state index contributed by atoms with van der Waals surface area (Å²) >= 11 is 5.94. The third kappa shape index (κ3) is 3.90. The number of benzene rings is 1. The highest BCUT2D eigenvalue weighted by molar-refractivity contribution is 6.30. The molecule has 0 radical (unpaired) electrons. The molecule has 92 valence electrons. The van der Waals surface area contributed by atoms with Crippen LogP contribution in [0.25, 0.3) is 0 Å². The molecule has 0 aliphatic carbocycles. The number of nitrogens with zero attached hydrogens (tertiary/aromatic N) is 1. The van der Waals surface area contributed by atoms with Crippen LogP contribution in [0.5, 0.6) is 0 Å². The molecule has 2 nitrogen and oxygen atoms in total. The van der Waals surface area contributed by atoms with Crippen molar-refractivity contribution in [3.05, 3.63) is 46.5 Å². The molecular weight excluding hydrogens is 234 g/mol. The summed E-state index contributed by atoms with van der Waals surface area (Å²) in [5.74, 6) is 0.0116. The predicted molar refractivity (Wildman–Crippen MR) is 72.1 cm³/mol. The van der Waals surface area contributed by atoms with Crippen LogP contribution in [0.1, 0.15) is 32.4 Å². The lowest BCUT2D eigenvalue weighted by molar-refractivity contribution is -0.126. The van der Waals surface area contributed by atoms with Gasteiger partial charge in [0, 0.05) is 18.1 Å². The Hall–Kier alpha value is -1.28. The van der Waals surface area contributed by atoms with Crippen molar-refractivity contribution in [2.24, 2.45) is 0 Å². The molecule has 0 aromatic heterocycles. The zero-order valence-corrected chi connectivity index (χ0v) is 11.5. The third-order valence-corrected chi connectivity index (χ3v) is 2.91. The molecule has 0 spiro atoms. The summed E-state index contributed by atoms with van der Waals surface area (Å²) in [6, 6.07) is 7.60. The lowest BCUT2D eigenvalue weighted by Crippen LogP contribution is -2.28. The van der Waals surface area contributed by atoms with Gasteiger partial charge in [0.25, 0.3) is 0 Å². The molecule has 0 N–H and O–H groups in total. The summed E-state index contributed by atoms with van der Waals surface area (Å²) in [6.07, 6.45) is 1.64. The average Bonchev–Trinajstić information content (AvgIpc) is 2.26. The van der Waals surface area contributed by atoms with E-state index < -0.39 is 0 Å². The Balaban J connectivity index is 2.86. The summed E-state index contributed by atoms with van der Waals surface area (Å²) in [6.45, 7) is 5.81.